The summed E-state index contributed by atoms with van der Waals surface area (Å²) in [5.41, 5.74) is 0.658. The molecular formula is C14H18N2O5. The van der Waals surface area contributed by atoms with Gasteiger partial charge in [-0.3, -0.25) is 14.4 Å². The van der Waals surface area contributed by atoms with E-state index < -0.39 is 24.1 Å². The van der Waals surface area contributed by atoms with Crippen molar-refractivity contribution in [3.63, 3.8) is 0 Å². The summed E-state index contributed by atoms with van der Waals surface area (Å²) in [4.78, 5) is 33.7. The van der Waals surface area contributed by atoms with E-state index in [-0.39, 0.29) is 11.8 Å². The van der Waals surface area contributed by atoms with Gasteiger partial charge in [0, 0.05) is 32.9 Å². The van der Waals surface area contributed by atoms with Crippen LogP contribution in [0.15, 0.2) is 12.3 Å². The standard InChI is InChI=1S/C14H18N2O5/c1-8(17)16-7-6-12(15-16)11-4-5-13(20-9(2)18)14(11)21-10(3)19/h6-7,11,13-14H,4-5H2,1-3H3/t11-,13+,14-/m0/s1. The van der Waals surface area contributed by atoms with Crippen LogP contribution in [0.2, 0.25) is 0 Å². The van der Waals surface area contributed by atoms with Crippen molar-refractivity contribution >= 4 is 17.8 Å². The summed E-state index contributed by atoms with van der Waals surface area (Å²) < 4.78 is 11.8. The molecule has 7 heteroatoms. The third kappa shape index (κ3) is 3.48. The second kappa shape index (κ2) is 6.07. The largest absolute Gasteiger partial charge is 0.459 e. The quantitative estimate of drug-likeness (QED) is 0.780. The number of hydrogen-bond acceptors (Lipinski definition) is 6. The van der Waals surface area contributed by atoms with Crippen molar-refractivity contribution in [1.29, 1.82) is 0 Å². The summed E-state index contributed by atoms with van der Waals surface area (Å²) in [6.07, 6.45) is 1.79. The molecule has 0 bridgehead atoms. The van der Waals surface area contributed by atoms with E-state index in [0.29, 0.717) is 18.5 Å². The number of hydrogen-bond donors (Lipinski definition) is 0. The summed E-state index contributed by atoms with van der Waals surface area (Å²) in [5, 5.41) is 4.20. The molecule has 1 aromatic rings. The van der Waals surface area contributed by atoms with Crippen LogP contribution >= 0.6 is 0 Å². The van der Waals surface area contributed by atoms with Crippen molar-refractivity contribution in [2.24, 2.45) is 0 Å². The monoisotopic (exact) mass is 294 g/mol. The molecule has 0 radical (unpaired) electrons. The smallest absolute Gasteiger partial charge is 0.303 e. The fourth-order valence-electron chi connectivity index (χ4n) is 2.65. The second-order valence-electron chi connectivity index (χ2n) is 5.11. The van der Waals surface area contributed by atoms with Crippen LogP contribution in [0.3, 0.4) is 0 Å². The van der Waals surface area contributed by atoms with Crippen molar-refractivity contribution < 1.29 is 23.9 Å². The topological polar surface area (TPSA) is 87.5 Å². The Bertz CT molecular complexity index is 565. The van der Waals surface area contributed by atoms with E-state index in [1.807, 2.05) is 0 Å². The third-order valence-corrected chi connectivity index (χ3v) is 3.46. The number of carbonyl (C=O) groups excluding carboxylic acids is 3. The highest BCUT2D eigenvalue weighted by Gasteiger charge is 2.42. The van der Waals surface area contributed by atoms with Crippen LogP contribution in [0.1, 0.15) is 50.0 Å². The fraction of sp³-hybridized carbons (Fsp3) is 0.571. The molecule has 0 N–H and O–H groups in total. The highest BCUT2D eigenvalue weighted by atomic mass is 16.6. The lowest BCUT2D eigenvalue weighted by atomic mass is 10.0. The maximum atomic E-state index is 11.3. The molecule has 0 aromatic carbocycles. The van der Waals surface area contributed by atoms with Gasteiger partial charge in [0.15, 0.2) is 0 Å². The number of rotatable bonds is 3. The van der Waals surface area contributed by atoms with Crippen LogP contribution in [0, 0.1) is 0 Å². The molecule has 7 nitrogen and oxygen atoms in total. The predicted octanol–water partition coefficient (Wildman–Crippen LogP) is 1.28. The summed E-state index contributed by atoms with van der Waals surface area (Å²) in [7, 11) is 0. The van der Waals surface area contributed by atoms with Gasteiger partial charge in [0.2, 0.25) is 5.91 Å². The van der Waals surface area contributed by atoms with Crippen molar-refractivity contribution in [1.82, 2.24) is 9.78 Å². The van der Waals surface area contributed by atoms with E-state index in [0.717, 1.165) is 0 Å². The zero-order valence-corrected chi connectivity index (χ0v) is 12.2. The Balaban J connectivity index is 2.21. The molecule has 21 heavy (non-hydrogen) atoms. The van der Waals surface area contributed by atoms with Gasteiger partial charge in [0.25, 0.3) is 0 Å². The van der Waals surface area contributed by atoms with Gasteiger partial charge in [-0.1, -0.05) is 0 Å². The molecule has 1 saturated carbocycles. The van der Waals surface area contributed by atoms with Gasteiger partial charge in [-0.25, -0.2) is 4.68 Å². The Hall–Kier alpha value is -2.18. The van der Waals surface area contributed by atoms with E-state index in [1.54, 1.807) is 12.3 Å². The molecule has 1 aromatic heterocycles. The molecule has 0 aliphatic heterocycles. The van der Waals surface area contributed by atoms with Crippen LogP contribution < -0.4 is 0 Å². The van der Waals surface area contributed by atoms with Gasteiger partial charge in [0.05, 0.1) is 5.69 Å². The Labute approximate surface area is 122 Å². The lowest BCUT2D eigenvalue weighted by Gasteiger charge is -2.23. The van der Waals surface area contributed by atoms with Crippen molar-refractivity contribution in [3.05, 3.63) is 18.0 Å². The van der Waals surface area contributed by atoms with Crippen LogP contribution in [-0.4, -0.2) is 39.8 Å². The van der Waals surface area contributed by atoms with Crippen molar-refractivity contribution in [2.75, 3.05) is 0 Å². The maximum absolute atomic E-state index is 11.3. The predicted molar refractivity (Wildman–Crippen MR) is 71.6 cm³/mol. The minimum atomic E-state index is -0.568. The van der Waals surface area contributed by atoms with Gasteiger partial charge < -0.3 is 9.47 Å². The molecule has 3 atom stereocenters. The number of esters is 2. The number of carbonyl (C=O) groups is 3. The zero-order valence-electron chi connectivity index (χ0n) is 12.2. The van der Waals surface area contributed by atoms with Gasteiger partial charge in [0.1, 0.15) is 12.2 Å². The summed E-state index contributed by atoms with van der Waals surface area (Å²) in [5.74, 6) is -1.22. The second-order valence-corrected chi connectivity index (χ2v) is 5.11. The molecule has 2 rings (SSSR count). The first-order valence-corrected chi connectivity index (χ1v) is 6.79. The Morgan fingerprint density at radius 1 is 1.14 bits per heavy atom. The molecule has 0 spiro atoms. The molecule has 0 unspecified atom stereocenters. The van der Waals surface area contributed by atoms with Crippen LogP contribution in [0.25, 0.3) is 0 Å². The minimum Gasteiger partial charge on any atom is -0.459 e. The average molecular weight is 294 g/mol. The molecule has 0 saturated heterocycles. The Morgan fingerprint density at radius 3 is 2.33 bits per heavy atom. The molecule has 0 amide bonds. The van der Waals surface area contributed by atoms with Crippen molar-refractivity contribution in [3.8, 4) is 0 Å². The summed E-state index contributed by atoms with van der Waals surface area (Å²) in [6, 6.07) is 1.72. The lowest BCUT2D eigenvalue weighted by Crippen LogP contribution is -2.33. The molecule has 1 aliphatic rings. The molecular weight excluding hydrogens is 276 g/mol. The first kappa shape index (κ1) is 15.2. The summed E-state index contributed by atoms with van der Waals surface area (Å²) in [6.45, 7) is 4.05. The first-order valence-electron chi connectivity index (χ1n) is 6.79. The average Bonchev–Trinajstić information content (AvgIpc) is 2.96. The van der Waals surface area contributed by atoms with E-state index in [9.17, 15) is 14.4 Å². The fourth-order valence-corrected chi connectivity index (χ4v) is 2.65. The molecule has 114 valence electrons. The van der Waals surface area contributed by atoms with Crippen LogP contribution in [0.5, 0.6) is 0 Å². The number of ether oxygens (including phenoxy) is 2. The van der Waals surface area contributed by atoms with Crippen molar-refractivity contribution in [2.45, 2.75) is 51.7 Å². The number of nitrogens with zero attached hydrogens (tertiary/aromatic N) is 2. The van der Waals surface area contributed by atoms with Gasteiger partial charge in [-0.15, -0.1) is 0 Å². The zero-order chi connectivity index (χ0) is 15.6. The van der Waals surface area contributed by atoms with E-state index in [4.69, 9.17) is 9.47 Å². The molecule has 1 heterocycles. The highest BCUT2D eigenvalue weighted by Crippen LogP contribution is 2.37. The SMILES string of the molecule is CC(=O)O[C@@H]1[C@H](OC(C)=O)CC[C@H]1c1ccn(C(C)=O)n1. The normalized spacial score (nSPS) is 24.6. The summed E-state index contributed by atoms with van der Waals surface area (Å²) >= 11 is 0. The minimum absolute atomic E-state index is 0.182. The maximum Gasteiger partial charge on any atom is 0.303 e. The Morgan fingerprint density at radius 2 is 1.81 bits per heavy atom. The van der Waals surface area contributed by atoms with E-state index >= 15 is 0 Å². The van der Waals surface area contributed by atoms with Gasteiger partial charge in [-0.2, -0.15) is 5.10 Å². The molecule has 1 fully saturated rings. The first-order chi connectivity index (χ1) is 9.88. The number of aromatic nitrogens is 2. The Kier molecular flexibility index (Phi) is 4.40. The van der Waals surface area contributed by atoms with Crippen LogP contribution in [0.4, 0.5) is 0 Å². The van der Waals surface area contributed by atoms with E-state index in [1.165, 1.54) is 25.5 Å². The van der Waals surface area contributed by atoms with E-state index in [2.05, 4.69) is 5.10 Å². The lowest BCUT2D eigenvalue weighted by molar-refractivity contribution is -0.163. The van der Waals surface area contributed by atoms with Crippen LogP contribution in [-0.2, 0) is 19.1 Å². The van der Waals surface area contributed by atoms with Gasteiger partial charge in [-0.05, 0) is 18.9 Å². The third-order valence-electron chi connectivity index (χ3n) is 3.46. The van der Waals surface area contributed by atoms with Gasteiger partial charge >= 0.3 is 11.9 Å². The molecule has 1 aliphatic carbocycles. The highest BCUT2D eigenvalue weighted by molar-refractivity contribution is 5.75.